The Morgan fingerprint density at radius 2 is 2.14 bits per heavy atom. The molecule has 3 rings (SSSR count). The minimum atomic E-state index is -0.254. The van der Waals surface area contributed by atoms with Gasteiger partial charge in [-0.1, -0.05) is 18.0 Å². The zero-order valence-electron chi connectivity index (χ0n) is 12.2. The van der Waals surface area contributed by atoms with Crippen LogP contribution in [-0.4, -0.2) is 16.7 Å². The minimum Gasteiger partial charge on any atom is -0.339 e. The van der Waals surface area contributed by atoms with Gasteiger partial charge >= 0.3 is 0 Å². The molecule has 4 nitrogen and oxygen atoms in total. The number of nitrogens with two attached hydrogens (primary N) is 1. The van der Waals surface area contributed by atoms with Crippen molar-refractivity contribution in [3.05, 3.63) is 35.5 Å². The van der Waals surface area contributed by atoms with Gasteiger partial charge < -0.3 is 10.3 Å². The zero-order valence-corrected chi connectivity index (χ0v) is 12.2. The number of hydrogen-bond acceptors (Lipinski definition) is 4. The Labute approximate surface area is 123 Å². The van der Waals surface area contributed by atoms with Crippen LogP contribution in [0.2, 0.25) is 0 Å². The standard InChI is InChI=1S/C16H20FN3O/c1-10-8-12(17)6-7-13(10)15-19-16(21-20-15)14-5-3-2-4-11(14)9-18/h6-8,11,14H,2-5,9,18H2,1H3. The fourth-order valence-corrected chi connectivity index (χ4v) is 3.19. The van der Waals surface area contributed by atoms with Crippen LogP contribution in [0.15, 0.2) is 22.7 Å². The first kappa shape index (κ1) is 14.2. The molecule has 1 fully saturated rings. The van der Waals surface area contributed by atoms with Crippen molar-refractivity contribution in [2.24, 2.45) is 11.7 Å². The van der Waals surface area contributed by atoms with Crippen LogP contribution in [-0.2, 0) is 0 Å². The zero-order chi connectivity index (χ0) is 14.8. The third-order valence-corrected chi connectivity index (χ3v) is 4.40. The first-order valence-corrected chi connectivity index (χ1v) is 7.49. The van der Waals surface area contributed by atoms with E-state index >= 15 is 0 Å². The first-order chi connectivity index (χ1) is 10.2. The Kier molecular flexibility index (Phi) is 4.01. The topological polar surface area (TPSA) is 64.9 Å². The predicted molar refractivity (Wildman–Crippen MR) is 78.2 cm³/mol. The molecule has 0 aliphatic heterocycles. The minimum absolute atomic E-state index is 0.254. The molecular formula is C16H20FN3O. The van der Waals surface area contributed by atoms with E-state index in [4.69, 9.17) is 10.3 Å². The molecule has 0 saturated heterocycles. The van der Waals surface area contributed by atoms with Crippen LogP contribution in [0.5, 0.6) is 0 Å². The van der Waals surface area contributed by atoms with Gasteiger partial charge in [0.15, 0.2) is 0 Å². The highest BCUT2D eigenvalue weighted by Crippen LogP contribution is 2.37. The highest BCUT2D eigenvalue weighted by atomic mass is 19.1. The SMILES string of the molecule is Cc1cc(F)ccc1-c1noc(C2CCCCC2CN)n1. The van der Waals surface area contributed by atoms with E-state index in [9.17, 15) is 4.39 Å². The normalized spacial score (nSPS) is 22.4. The maximum absolute atomic E-state index is 13.2. The second kappa shape index (κ2) is 5.93. The smallest absolute Gasteiger partial charge is 0.230 e. The average molecular weight is 289 g/mol. The van der Waals surface area contributed by atoms with Crippen molar-refractivity contribution in [3.8, 4) is 11.4 Å². The molecule has 1 heterocycles. The molecule has 0 bridgehead atoms. The molecule has 21 heavy (non-hydrogen) atoms. The number of halogens is 1. The van der Waals surface area contributed by atoms with Crippen LogP contribution in [0.1, 0.15) is 43.1 Å². The van der Waals surface area contributed by atoms with Crippen molar-refractivity contribution in [3.63, 3.8) is 0 Å². The van der Waals surface area contributed by atoms with Crippen molar-refractivity contribution in [1.29, 1.82) is 0 Å². The lowest BCUT2D eigenvalue weighted by Gasteiger charge is -2.27. The molecule has 1 saturated carbocycles. The van der Waals surface area contributed by atoms with Gasteiger partial charge in [-0.25, -0.2) is 4.39 Å². The molecule has 2 atom stereocenters. The summed E-state index contributed by atoms with van der Waals surface area (Å²) in [6.45, 7) is 2.50. The lowest BCUT2D eigenvalue weighted by atomic mass is 9.79. The maximum Gasteiger partial charge on any atom is 0.230 e. The van der Waals surface area contributed by atoms with Gasteiger partial charge in [0.2, 0.25) is 11.7 Å². The van der Waals surface area contributed by atoms with Crippen LogP contribution in [0.4, 0.5) is 4.39 Å². The van der Waals surface area contributed by atoms with E-state index in [-0.39, 0.29) is 11.7 Å². The molecular weight excluding hydrogens is 269 g/mol. The van der Waals surface area contributed by atoms with Crippen molar-refractivity contribution in [2.45, 2.75) is 38.5 Å². The van der Waals surface area contributed by atoms with Gasteiger partial charge in [-0.15, -0.1) is 0 Å². The fraction of sp³-hybridized carbons (Fsp3) is 0.500. The maximum atomic E-state index is 13.2. The van der Waals surface area contributed by atoms with Crippen molar-refractivity contribution in [2.75, 3.05) is 6.54 Å². The van der Waals surface area contributed by atoms with Gasteiger partial charge in [0.25, 0.3) is 0 Å². The molecule has 2 unspecified atom stereocenters. The van der Waals surface area contributed by atoms with Gasteiger partial charge in [-0.2, -0.15) is 4.98 Å². The van der Waals surface area contributed by atoms with Crippen LogP contribution < -0.4 is 5.73 Å². The molecule has 2 N–H and O–H groups in total. The molecule has 0 radical (unpaired) electrons. The number of hydrogen-bond donors (Lipinski definition) is 1. The highest BCUT2D eigenvalue weighted by Gasteiger charge is 2.30. The first-order valence-electron chi connectivity index (χ1n) is 7.49. The quantitative estimate of drug-likeness (QED) is 0.940. The largest absolute Gasteiger partial charge is 0.339 e. The summed E-state index contributed by atoms with van der Waals surface area (Å²) in [7, 11) is 0. The van der Waals surface area contributed by atoms with Gasteiger partial charge in [0.1, 0.15) is 5.82 Å². The summed E-state index contributed by atoms with van der Waals surface area (Å²) < 4.78 is 18.6. The van der Waals surface area contributed by atoms with Crippen LogP contribution in [0.3, 0.4) is 0 Å². The number of rotatable bonds is 3. The van der Waals surface area contributed by atoms with Crippen molar-refractivity contribution in [1.82, 2.24) is 10.1 Å². The van der Waals surface area contributed by atoms with E-state index < -0.39 is 0 Å². The molecule has 0 amide bonds. The Morgan fingerprint density at radius 1 is 1.33 bits per heavy atom. The Balaban J connectivity index is 1.89. The summed E-state index contributed by atoms with van der Waals surface area (Å²) in [5, 5.41) is 4.07. The van der Waals surface area contributed by atoms with Crippen LogP contribution in [0.25, 0.3) is 11.4 Å². The van der Waals surface area contributed by atoms with Crippen molar-refractivity contribution < 1.29 is 8.91 Å². The molecule has 1 aliphatic rings. The summed E-state index contributed by atoms with van der Waals surface area (Å²) in [5.74, 6) is 1.62. The molecule has 5 heteroatoms. The van der Waals surface area contributed by atoms with Crippen LogP contribution >= 0.6 is 0 Å². The second-order valence-electron chi connectivity index (χ2n) is 5.80. The molecule has 0 spiro atoms. The summed E-state index contributed by atoms with van der Waals surface area (Å²) in [6.07, 6.45) is 4.56. The van der Waals surface area contributed by atoms with E-state index in [2.05, 4.69) is 10.1 Å². The molecule has 1 aromatic carbocycles. The van der Waals surface area contributed by atoms with Crippen molar-refractivity contribution >= 4 is 0 Å². The second-order valence-corrected chi connectivity index (χ2v) is 5.80. The Bertz CT molecular complexity index is 626. The highest BCUT2D eigenvalue weighted by molar-refractivity contribution is 5.59. The molecule has 112 valence electrons. The van der Waals surface area contributed by atoms with Gasteiger partial charge in [-0.3, -0.25) is 0 Å². The summed E-state index contributed by atoms with van der Waals surface area (Å²) in [4.78, 5) is 4.54. The molecule has 1 aliphatic carbocycles. The van der Waals surface area contributed by atoms with Gasteiger partial charge in [0, 0.05) is 11.5 Å². The van der Waals surface area contributed by atoms with E-state index in [1.54, 1.807) is 6.07 Å². The van der Waals surface area contributed by atoms with Gasteiger partial charge in [0.05, 0.1) is 0 Å². The van der Waals surface area contributed by atoms with Crippen LogP contribution in [0, 0.1) is 18.7 Å². The summed E-state index contributed by atoms with van der Waals surface area (Å²) in [5.41, 5.74) is 7.48. The average Bonchev–Trinajstić information content (AvgIpc) is 2.96. The lowest BCUT2D eigenvalue weighted by Crippen LogP contribution is -2.25. The summed E-state index contributed by atoms with van der Waals surface area (Å²) >= 11 is 0. The fourth-order valence-electron chi connectivity index (χ4n) is 3.19. The predicted octanol–water partition coefficient (Wildman–Crippen LogP) is 3.42. The third-order valence-electron chi connectivity index (χ3n) is 4.40. The molecule has 2 aromatic rings. The summed E-state index contributed by atoms with van der Waals surface area (Å²) in [6, 6.07) is 4.59. The monoisotopic (exact) mass is 289 g/mol. The number of aromatic nitrogens is 2. The number of nitrogens with zero attached hydrogens (tertiary/aromatic N) is 2. The van der Waals surface area contributed by atoms with Gasteiger partial charge in [-0.05, 0) is 56.0 Å². The van der Waals surface area contributed by atoms with E-state index in [1.165, 1.54) is 25.0 Å². The Hall–Kier alpha value is -1.75. The van der Waals surface area contributed by atoms with E-state index in [0.29, 0.717) is 24.2 Å². The number of aryl methyl sites for hydroxylation is 1. The molecule has 1 aromatic heterocycles. The lowest BCUT2D eigenvalue weighted by molar-refractivity contribution is 0.249. The third kappa shape index (κ3) is 2.83. The van der Waals surface area contributed by atoms with E-state index in [0.717, 1.165) is 24.0 Å². The number of benzene rings is 1. The van der Waals surface area contributed by atoms with E-state index in [1.807, 2.05) is 6.92 Å². The Morgan fingerprint density at radius 3 is 2.90 bits per heavy atom.